The maximum absolute atomic E-state index is 6.16. The monoisotopic (exact) mass is 261 g/mol. The number of hydrogen-bond donors (Lipinski definition) is 1. The van der Waals surface area contributed by atoms with Crippen LogP contribution in [-0.2, 0) is 13.1 Å². The minimum absolute atomic E-state index is 0.693. The predicted octanol–water partition coefficient (Wildman–Crippen LogP) is 2.95. The molecule has 0 saturated carbocycles. The zero-order valence-electron chi connectivity index (χ0n) is 10.3. The van der Waals surface area contributed by atoms with Crippen LogP contribution in [0.2, 0.25) is 5.02 Å². The van der Waals surface area contributed by atoms with Gasteiger partial charge in [0.15, 0.2) is 0 Å². The summed E-state index contributed by atoms with van der Waals surface area (Å²) in [5.41, 5.74) is 8.64. The zero-order chi connectivity index (χ0) is 13.0. The molecule has 0 aliphatic heterocycles. The maximum Gasteiger partial charge on any atom is 0.0471 e. The van der Waals surface area contributed by atoms with E-state index in [0.29, 0.717) is 10.7 Å². The molecule has 0 unspecified atom stereocenters. The molecule has 4 heteroatoms. The van der Waals surface area contributed by atoms with Gasteiger partial charge in [-0.1, -0.05) is 23.7 Å². The standard InChI is InChI=1S/C14H16ClN3/c1-18(9-11-3-2-6-17-8-11)10-12-4-5-13(16)7-14(12)15/h2-8H,9-10,16H2,1H3. The Kier molecular flexibility index (Phi) is 4.18. The number of anilines is 1. The Bertz CT molecular complexity index is 514. The predicted molar refractivity (Wildman–Crippen MR) is 75.3 cm³/mol. The molecule has 0 amide bonds. The Labute approximate surface area is 112 Å². The molecule has 1 aromatic heterocycles. The smallest absolute Gasteiger partial charge is 0.0471 e. The summed E-state index contributed by atoms with van der Waals surface area (Å²) in [5, 5.41) is 0.716. The van der Waals surface area contributed by atoms with Crippen molar-refractivity contribution in [3.8, 4) is 0 Å². The van der Waals surface area contributed by atoms with Gasteiger partial charge in [-0.25, -0.2) is 0 Å². The molecule has 0 saturated heterocycles. The van der Waals surface area contributed by atoms with Crippen LogP contribution in [0.15, 0.2) is 42.7 Å². The number of nitrogens with two attached hydrogens (primary N) is 1. The van der Waals surface area contributed by atoms with Crippen molar-refractivity contribution >= 4 is 17.3 Å². The second-order valence-electron chi connectivity index (χ2n) is 4.38. The Morgan fingerprint density at radius 3 is 2.78 bits per heavy atom. The molecule has 0 spiro atoms. The van der Waals surface area contributed by atoms with Gasteiger partial charge in [0.25, 0.3) is 0 Å². The molecule has 2 N–H and O–H groups in total. The van der Waals surface area contributed by atoms with Crippen LogP contribution in [0.5, 0.6) is 0 Å². The first kappa shape index (κ1) is 12.9. The van der Waals surface area contributed by atoms with E-state index in [1.165, 1.54) is 5.56 Å². The van der Waals surface area contributed by atoms with Crippen molar-refractivity contribution in [3.05, 3.63) is 58.9 Å². The molecule has 0 aliphatic rings. The van der Waals surface area contributed by atoms with E-state index in [4.69, 9.17) is 17.3 Å². The highest BCUT2D eigenvalue weighted by molar-refractivity contribution is 6.31. The highest BCUT2D eigenvalue weighted by Crippen LogP contribution is 2.20. The molecule has 1 aromatic carbocycles. The molecule has 0 aliphatic carbocycles. The van der Waals surface area contributed by atoms with Gasteiger partial charge in [-0.2, -0.15) is 0 Å². The van der Waals surface area contributed by atoms with Gasteiger partial charge < -0.3 is 5.73 Å². The Balaban J connectivity index is 2.01. The van der Waals surface area contributed by atoms with Crippen LogP contribution in [0.3, 0.4) is 0 Å². The zero-order valence-corrected chi connectivity index (χ0v) is 11.1. The molecular formula is C14H16ClN3. The van der Waals surface area contributed by atoms with Gasteiger partial charge in [0.05, 0.1) is 0 Å². The third kappa shape index (κ3) is 3.45. The molecule has 18 heavy (non-hydrogen) atoms. The van der Waals surface area contributed by atoms with E-state index in [2.05, 4.69) is 23.0 Å². The van der Waals surface area contributed by atoms with Crippen LogP contribution in [-0.4, -0.2) is 16.9 Å². The lowest BCUT2D eigenvalue weighted by atomic mass is 10.2. The molecule has 0 bridgehead atoms. The van der Waals surface area contributed by atoms with E-state index >= 15 is 0 Å². The number of pyridine rings is 1. The fourth-order valence-electron chi connectivity index (χ4n) is 1.84. The Morgan fingerprint density at radius 1 is 1.28 bits per heavy atom. The molecule has 3 nitrogen and oxygen atoms in total. The van der Waals surface area contributed by atoms with Gasteiger partial charge in [-0.3, -0.25) is 9.88 Å². The van der Waals surface area contributed by atoms with Crippen LogP contribution in [0.1, 0.15) is 11.1 Å². The lowest BCUT2D eigenvalue weighted by molar-refractivity contribution is 0.319. The van der Waals surface area contributed by atoms with Crippen LogP contribution < -0.4 is 5.73 Å². The summed E-state index contributed by atoms with van der Waals surface area (Å²) in [6.07, 6.45) is 3.65. The Hall–Kier alpha value is -1.58. The minimum Gasteiger partial charge on any atom is -0.399 e. The van der Waals surface area contributed by atoms with Gasteiger partial charge in [-0.15, -0.1) is 0 Å². The first-order chi connectivity index (χ1) is 8.65. The molecule has 0 atom stereocenters. The first-order valence-electron chi connectivity index (χ1n) is 5.76. The summed E-state index contributed by atoms with van der Waals surface area (Å²) in [6, 6.07) is 9.64. The highest BCUT2D eigenvalue weighted by Gasteiger charge is 2.05. The SMILES string of the molecule is CN(Cc1cccnc1)Cc1ccc(N)cc1Cl. The van der Waals surface area contributed by atoms with Crippen molar-refractivity contribution in [2.45, 2.75) is 13.1 Å². The fourth-order valence-corrected chi connectivity index (χ4v) is 2.09. The van der Waals surface area contributed by atoms with Gasteiger partial charge >= 0.3 is 0 Å². The van der Waals surface area contributed by atoms with Crippen LogP contribution >= 0.6 is 11.6 Å². The molecule has 2 rings (SSSR count). The fraction of sp³-hybridized carbons (Fsp3) is 0.214. The van der Waals surface area contributed by atoms with Gasteiger partial charge in [0, 0.05) is 36.2 Å². The molecule has 2 aromatic rings. The Morgan fingerprint density at radius 2 is 2.11 bits per heavy atom. The molecule has 94 valence electrons. The minimum atomic E-state index is 0.693. The van der Waals surface area contributed by atoms with E-state index < -0.39 is 0 Å². The van der Waals surface area contributed by atoms with Crippen molar-refractivity contribution in [3.63, 3.8) is 0 Å². The second-order valence-corrected chi connectivity index (χ2v) is 4.79. The molecule has 0 radical (unpaired) electrons. The summed E-state index contributed by atoms with van der Waals surface area (Å²) >= 11 is 6.16. The van der Waals surface area contributed by atoms with Gasteiger partial charge in [0.1, 0.15) is 0 Å². The van der Waals surface area contributed by atoms with Gasteiger partial charge in [0.2, 0.25) is 0 Å². The summed E-state index contributed by atoms with van der Waals surface area (Å²) < 4.78 is 0. The average Bonchev–Trinajstić information content (AvgIpc) is 2.34. The van der Waals surface area contributed by atoms with E-state index in [1.807, 2.05) is 24.4 Å². The third-order valence-electron chi connectivity index (χ3n) is 2.69. The van der Waals surface area contributed by atoms with E-state index in [0.717, 1.165) is 18.7 Å². The summed E-state index contributed by atoms with van der Waals surface area (Å²) in [6.45, 7) is 1.63. The van der Waals surface area contributed by atoms with E-state index in [1.54, 1.807) is 12.3 Å². The number of nitrogen functional groups attached to an aromatic ring is 1. The van der Waals surface area contributed by atoms with Crippen LogP contribution in [0.25, 0.3) is 0 Å². The summed E-state index contributed by atoms with van der Waals surface area (Å²) in [7, 11) is 2.06. The first-order valence-corrected chi connectivity index (χ1v) is 6.14. The van der Waals surface area contributed by atoms with Crippen molar-refractivity contribution in [2.24, 2.45) is 0 Å². The van der Waals surface area contributed by atoms with E-state index in [9.17, 15) is 0 Å². The number of rotatable bonds is 4. The normalized spacial score (nSPS) is 10.8. The van der Waals surface area contributed by atoms with Crippen LogP contribution in [0, 0.1) is 0 Å². The highest BCUT2D eigenvalue weighted by atomic mass is 35.5. The summed E-state index contributed by atoms with van der Waals surface area (Å²) in [4.78, 5) is 6.29. The molecule has 0 fully saturated rings. The van der Waals surface area contributed by atoms with Crippen molar-refractivity contribution in [2.75, 3.05) is 12.8 Å². The van der Waals surface area contributed by atoms with E-state index in [-0.39, 0.29) is 0 Å². The lowest BCUT2D eigenvalue weighted by Crippen LogP contribution is -2.17. The largest absolute Gasteiger partial charge is 0.399 e. The van der Waals surface area contributed by atoms with Gasteiger partial charge in [-0.05, 0) is 36.4 Å². The topological polar surface area (TPSA) is 42.2 Å². The average molecular weight is 262 g/mol. The quantitative estimate of drug-likeness (QED) is 0.861. The number of benzene rings is 1. The van der Waals surface area contributed by atoms with Crippen LogP contribution in [0.4, 0.5) is 5.69 Å². The number of nitrogens with zero attached hydrogens (tertiary/aromatic N) is 2. The number of hydrogen-bond acceptors (Lipinski definition) is 3. The molecular weight excluding hydrogens is 246 g/mol. The van der Waals surface area contributed by atoms with Crippen molar-refractivity contribution in [1.82, 2.24) is 9.88 Å². The third-order valence-corrected chi connectivity index (χ3v) is 3.04. The van der Waals surface area contributed by atoms with Crippen molar-refractivity contribution in [1.29, 1.82) is 0 Å². The summed E-state index contributed by atoms with van der Waals surface area (Å²) in [5.74, 6) is 0. The molecule has 1 heterocycles. The number of aromatic nitrogens is 1. The second kappa shape index (κ2) is 5.85. The lowest BCUT2D eigenvalue weighted by Gasteiger charge is -2.17. The van der Waals surface area contributed by atoms with Crippen molar-refractivity contribution < 1.29 is 0 Å². The number of halogens is 1. The maximum atomic E-state index is 6.16.